The molecule has 0 saturated carbocycles. The number of nitrogens with zero attached hydrogens (tertiary/aromatic N) is 1. The summed E-state index contributed by atoms with van der Waals surface area (Å²) in [6.07, 6.45) is 2.29. The van der Waals surface area contributed by atoms with Crippen molar-refractivity contribution in [2.45, 2.75) is 25.8 Å². The van der Waals surface area contributed by atoms with Gasteiger partial charge < -0.3 is 10.6 Å². The lowest BCUT2D eigenvalue weighted by molar-refractivity contribution is 0.699. The van der Waals surface area contributed by atoms with E-state index in [4.69, 9.17) is 5.73 Å². The molecule has 1 aromatic carbocycles. The van der Waals surface area contributed by atoms with Crippen LogP contribution in [0.15, 0.2) is 18.2 Å². The van der Waals surface area contributed by atoms with Gasteiger partial charge in [0.2, 0.25) is 0 Å². The van der Waals surface area contributed by atoms with E-state index in [1.165, 1.54) is 34.7 Å². The van der Waals surface area contributed by atoms with Crippen LogP contribution in [-0.2, 0) is 6.42 Å². The summed E-state index contributed by atoms with van der Waals surface area (Å²) < 4.78 is 0. The molecule has 1 fully saturated rings. The predicted molar refractivity (Wildman–Crippen MR) is 78.1 cm³/mol. The average molecular weight is 250 g/mol. The fourth-order valence-electron chi connectivity index (χ4n) is 2.37. The standard InChI is InChI=1S/C14H22N2S/c1-11-9-13(4-3-12(11)5-7-15)16(2)14-6-8-17-10-14/h3-4,9,14H,5-8,10,15H2,1-2H3. The summed E-state index contributed by atoms with van der Waals surface area (Å²) in [5.74, 6) is 2.57. The number of rotatable bonds is 4. The molecule has 1 saturated heterocycles. The summed E-state index contributed by atoms with van der Waals surface area (Å²) in [4.78, 5) is 2.43. The van der Waals surface area contributed by atoms with Gasteiger partial charge in [0.25, 0.3) is 0 Å². The van der Waals surface area contributed by atoms with Crippen molar-refractivity contribution in [2.75, 3.05) is 30.0 Å². The summed E-state index contributed by atoms with van der Waals surface area (Å²) in [6, 6.07) is 7.48. The van der Waals surface area contributed by atoms with Gasteiger partial charge in [0.05, 0.1) is 0 Å². The lowest BCUT2D eigenvalue weighted by Crippen LogP contribution is -2.31. The first-order chi connectivity index (χ1) is 8.22. The maximum Gasteiger partial charge on any atom is 0.0385 e. The molecule has 0 aromatic heterocycles. The molecule has 17 heavy (non-hydrogen) atoms. The number of nitrogens with two attached hydrogens (primary N) is 1. The molecule has 0 aliphatic carbocycles. The second-order valence-electron chi connectivity index (χ2n) is 4.78. The zero-order chi connectivity index (χ0) is 12.3. The van der Waals surface area contributed by atoms with E-state index in [9.17, 15) is 0 Å². The van der Waals surface area contributed by atoms with Gasteiger partial charge in [-0.2, -0.15) is 11.8 Å². The van der Waals surface area contributed by atoms with Crippen LogP contribution in [0, 0.1) is 6.92 Å². The molecule has 1 aliphatic heterocycles. The van der Waals surface area contributed by atoms with E-state index in [0.29, 0.717) is 6.04 Å². The molecular formula is C14H22N2S. The fraction of sp³-hybridized carbons (Fsp3) is 0.571. The monoisotopic (exact) mass is 250 g/mol. The van der Waals surface area contributed by atoms with Crippen LogP contribution in [0.5, 0.6) is 0 Å². The number of benzene rings is 1. The third-order valence-electron chi connectivity index (χ3n) is 3.60. The smallest absolute Gasteiger partial charge is 0.0385 e. The first kappa shape index (κ1) is 12.8. The van der Waals surface area contributed by atoms with Gasteiger partial charge in [-0.25, -0.2) is 0 Å². The SMILES string of the molecule is Cc1cc(N(C)C2CCSC2)ccc1CCN. The van der Waals surface area contributed by atoms with Crippen LogP contribution in [0.3, 0.4) is 0 Å². The molecular weight excluding hydrogens is 228 g/mol. The Balaban J connectivity index is 2.12. The molecule has 0 spiro atoms. The lowest BCUT2D eigenvalue weighted by atomic mass is 10.0. The van der Waals surface area contributed by atoms with E-state index in [1.54, 1.807) is 0 Å². The molecule has 0 bridgehead atoms. The lowest BCUT2D eigenvalue weighted by Gasteiger charge is -2.26. The van der Waals surface area contributed by atoms with Crippen LogP contribution < -0.4 is 10.6 Å². The second-order valence-corrected chi connectivity index (χ2v) is 5.93. The number of aryl methyl sites for hydroxylation is 1. The summed E-state index contributed by atoms with van der Waals surface area (Å²) in [7, 11) is 2.22. The van der Waals surface area contributed by atoms with Gasteiger partial charge >= 0.3 is 0 Å². The molecule has 94 valence electrons. The quantitative estimate of drug-likeness (QED) is 0.890. The average Bonchev–Trinajstić information content (AvgIpc) is 2.84. The minimum atomic E-state index is 0.708. The molecule has 1 atom stereocenters. The first-order valence-corrected chi connectivity index (χ1v) is 7.48. The third kappa shape index (κ3) is 2.96. The largest absolute Gasteiger partial charge is 0.371 e. The van der Waals surface area contributed by atoms with Crippen molar-refractivity contribution in [3.05, 3.63) is 29.3 Å². The van der Waals surface area contributed by atoms with E-state index in [0.717, 1.165) is 13.0 Å². The molecule has 1 aliphatic rings. The van der Waals surface area contributed by atoms with Crippen molar-refractivity contribution in [1.82, 2.24) is 0 Å². The zero-order valence-corrected chi connectivity index (χ0v) is 11.6. The van der Waals surface area contributed by atoms with E-state index in [1.807, 2.05) is 0 Å². The highest BCUT2D eigenvalue weighted by Crippen LogP contribution is 2.27. The molecule has 3 heteroatoms. The van der Waals surface area contributed by atoms with Gasteiger partial charge in [-0.1, -0.05) is 6.07 Å². The van der Waals surface area contributed by atoms with Gasteiger partial charge in [-0.3, -0.25) is 0 Å². The summed E-state index contributed by atoms with van der Waals surface area (Å²) in [5, 5.41) is 0. The maximum atomic E-state index is 5.61. The van der Waals surface area contributed by atoms with Crippen LogP contribution in [0.4, 0.5) is 5.69 Å². The van der Waals surface area contributed by atoms with Crippen LogP contribution in [0.2, 0.25) is 0 Å². The topological polar surface area (TPSA) is 29.3 Å². The van der Waals surface area contributed by atoms with Crippen molar-refractivity contribution in [1.29, 1.82) is 0 Å². The van der Waals surface area contributed by atoms with Gasteiger partial charge in [0.1, 0.15) is 0 Å². The second kappa shape index (κ2) is 5.78. The van der Waals surface area contributed by atoms with Gasteiger partial charge in [-0.15, -0.1) is 0 Å². The van der Waals surface area contributed by atoms with Gasteiger partial charge in [0.15, 0.2) is 0 Å². The molecule has 0 radical (unpaired) electrons. The van der Waals surface area contributed by atoms with Crippen molar-refractivity contribution >= 4 is 17.4 Å². The highest BCUT2D eigenvalue weighted by molar-refractivity contribution is 7.99. The highest BCUT2D eigenvalue weighted by Gasteiger charge is 2.20. The zero-order valence-electron chi connectivity index (χ0n) is 10.8. The molecule has 0 amide bonds. The van der Waals surface area contributed by atoms with E-state index >= 15 is 0 Å². The van der Waals surface area contributed by atoms with Crippen molar-refractivity contribution in [3.8, 4) is 0 Å². The van der Waals surface area contributed by atoms with Gasteiger partial charge in [-0.05, 0) is 55.3 Å². The van der Waals surface area contributed by atoms with Gasteiger partial charge in [0, 0.05) is 24.5 Å². The number of anilines is 1. The minimum absolute atomic E-state index is 0.708. The Hall–Kier alpha value is -0.670. The molecule has 2 nitrogen and oxygen atoms in total. The summed E-state index contributed by atoms with van der Waals surface area (Å²) in [5.41, 5.74) is 9.70. The Bertz CT molecular complexity index is 372. The highest BCUT2D eigenvalue weighted by atomic mass is 32.2. The van der Waals surface area contributed by atoms with E-state index < -0.39 is 0 Å². The molecule has 1 aromatic rings. The first-order valence-electron chi connectivity index (χ1n) is 6.32. The molecule has 1 heterocycles. The Kier molecular flexibility index (Phi) is 4.35. The molecule has 1 unspecified atom stereocenters. The van der Waals surface area contributed by atoms with Crippen molar-refractivity contribution < 1.29 is 0 Å². The minimum Gasteiger partial charge on any atom is -0.371 e. The molecule has 2 N–H and O–H groups in total. The normalized spacial score (nSPS) is 19.6. The number of hydrogen-bond donors (Lipinski definition) is 1. The number of hydrogen-bond acceptors (Lipinski definition) is 3. The number of thioether (sulfide) groups is 1. The Labute approximate surface area is 109 Å². The Morgan fingerprint density at radius 3 is 2.88 bits per heavy atom. The van der Waals surface area contributed by atoms with E-state index in [2.05, 4.69) is 48.8 Å². The van der Waals surface area contributed by atoms with Crippen molar-refractivity contribution in [2.24, 2.45) is 5.73 Å². The summed E-state index contributed by atoms with van der Waals surface area (Å²) >= 11 is 2.06. The predicted octanol–water partition coefficient (Wildman–Crippen LogP) is 2.44. The Morgan fingerprint density at radius 2 is 2.29 bits per heavy atom. The summed E-state index contributed by atoms with van der Waals surface area (Å²) in [6.45, 7) is 2.92. The third-order valence-corrected chi connectivity index (χ3v) is 4.75. The van der Waals surface area contributed by atoms with E-state index in [-0.39, 0.29) is 0 Å². The fourth-order valence-corrected chi connectivity index (χ4v) is 3.64. The Morgan fingerprint density at radius 1 is 1.47 bits per heavy atom. The molecule has 2 rings (SSSR count). The van der Waals surface area contributed by atoms with Crippen molar-refractivity contribution in [3.63, 3.8) is 0 Å². The van der Waals surface area contributed by atoms with Crippen LogP contribution in [0.25, 0.3) is 0 Å². The van der Waals surface area contributed by atoms with Crippen LogP contribution >= 0.6 is 11.8 Å². The maximum absolute atomic E-state index is 5.61. The van der Waals surface area contributed by atoms with Crippen LogP contribution in [-0.4, -0.2) is 31.1 Å². The van der Waals surface area contributed by atoms with Crippen LogP contribution in [0.1, 0.15) is 17.5 Å².